The molecule has 1 aliphatic heterocycles. The van der Waals surface area contributed by atoms with Gasteiger partial charge in [-0.2, -0.15) is 0 Å². The minimum absolute atomic E-state index is 0.269. The molecule has 4 nitrogen and oxygen atoms in total. The zero-order valence-electron chi connectivity index (χ0n) is 14.8. The molecule has 0 bridgehead atoms. The van der Waals surface area contributed by atoms with Crippen LogP contribution < -0.4 is 4.74 Å². The largest absolute Gasteiger partial charge is 0.496 e. The van der Waals surface area contributed by atoms with Crippen LogP contribution in [0.15, 0.2) is 53.2 Å². The molecular formula is C21H20FNO3. The van der Waals surface area contributed by atoms with Crippen LogP contribution >= 0.6 is 0 Å². The number of hydrogen-bond donors (Lipinski definition) is 0. The predicted molar refractivity (Wildman–Crippen MR) is 98.6 cm³/mol. The van der Waals surface area contributed by atoms with Crippen molar-refractivity contribution < 1.29 is 18.7 Å². The van der Waals surface area contributed by atoms with Gasteiger partial charge in [-0.3, -0.25) is 0 Å². The van der Waals surface area contributed by atoms with Crippen LogP contribution in [0.4, 0.5) is 4.39 Å². The lowest BCUT2D eigenvalue weighted by Crippen LogP contribution is -2.05. The number of carbonyl (C=O) groups excluding carboxylic acids is 1. The Morgan fingerprint density at radius 2 is 1.92 bits per heavy atom. The van der Waals surface area contributed by atoms with Crippen molar-refractivity contribution in [3.05, 3.63) is 70.7 Å². The Bertz CT molecular complexity index is 869. The second kappa shape index (κ2) is 7.95. The van der Waals surface area contributed by atoms with E-state index >= 15 is 0 Å². The maximum absolute atomic E-state index is 12.9. The Kier molecular flexibility index (Phi) is 5.46. The molecule has 0 saturated carbocycles. The summed E-state index contributed by atoms with van der Waals surface area (Å²) in [5.41, 5.74) is 3.18. The summed E-state index contributed by atoms with van der Waals surface area (Å²) in [6.45, 7) is 2.05. The maximum Gasteiger partial charge on any atom is 0.363 e. The monoisotopic (exact) mass is 353 g/mol. The summed E-state index contributed by atoms with van der Waals surface area (Å²) < 4.78 is 23.5. The molecular weight excluding hydrogens is 333 g/mol. The van der Waals surface area contributed by atoms with Gasteiger partial charge in [0, 0.05) is 6.42 Å². The highest BCUT2D eigenvalue weighted by atomic mass is 19.1. The van der Waals surface area contributed by atoms with E-state index in [9.17, 15) is 9.18 Å². The molecule has 0 radical (unpaired) electrons. The number of hydrogen-bond acceptors (Lipinski definition) is 4. The van der Waals surface area contributed by atoms with E-state index in [1.807, 2.05) is 25.1 Å². The van der Waals surface area contributed by atoms with Crippen molar-refractivity contribution in [3.8, 4) is 5.75 Å². The van der Waals surface area contributed by atoms with Crippen molar-refractivity contribution in [2.24, 2.45) is 4.99 Å². The first-order chi connectivity index (χ1) is 12.6. The third kappa shape index (κ3) is 4.17. The van der Waals surface area contributed by atoms with Gasteiger partial charge in [-0.15, -0.1) is 0 Å². The number of esters is 1. The first-order valence-corrected chi connectivity index (χ1v) is 8.52. The molecule has 3 rings (SSSR count). The van der Waals surface area contributed by atoms with Crippen molar-refractivity contribution >= 4 is 17.9 Å². The van der Waals surface area contributed by atoms with Crippen LogP contribution in [0.2, 0.25) is 0 Å². The number of ether oxygens (including phenoxy) is 2. The second-order valence-corrected chi connectivity index (χ2v) is 5.98. The Morgan fingerprint density at radius 3 is 2.62 bits per heavy atom. The Morgan fingerprint density at radius 1 is 1.15 bits per heavy atom. The summed E-state index contributed by atoms with van der Waals surface area (Å²) >= 11 is 0. The maximum atomic E-state index is 12.9. The molecule has 1 heterocycles. The number of benzene rings is 2. The number of cyclic esters (lactones) is 1. The quantitative estimate of drug-likeness (QED) is 0.574. The number of aryl methyl sites for hydroxylation is 2. The molecule has 0 spiro atoms. The molecule has 0 unspecified atom stereocenters. The van der Waals surface area contributed by atoms with Gasteiger partial charge in [-0.25, -0.2) is 14.2 Å². The summed E-state index contributed by atoms with van der Waals surface area (Å²) in [5.74, 6) is 0.490. The lowest BCUT2D eigenvalue weighted by Gasteiger charge is -2.07. The van der Waals surface area contributed by atoms with E-state index in [1.54, 1.807) is 25.3 Å². The molecule has 0 amide bonds. The topological polar surface area (TPSA) is 47.9 Å². The molecule has 0 saturated heterocycles. The molecule has 0 N–H and O–H groups in total. The molecule has 0 atom stereocenters. The van der Waals surface area contributed by atoms with E-state index in [4.69, 9.17) is 9.47 Å². The van der Waals surface area contributed by atoms with Gasteiger partial charge in [0.2, 0.25) is 0 Å². The first kappa shape index (κ1) is 17.9. The van der Waals surface area contributed by atoms with E-state index in [0.29, 0.717) is 18.7 Å². The van der Waals surface area contributed by atoms with Crippen molar-refractivity contribution in [2.45, 2.75) is 26.2 Å². The average molecular weight is 353 g/mol. The highest BCUT2D eigenvalue weighted by Crippen LogP contribution is 2.23. The highest BCUT2D eigenvalue weighted by molar-refractivity contribution is 6.07. The van der Waals surface area contributed by atoms with Crippen LogP contribution in [0.1, 0.15) is 30.0 Å². The summed E-state index contributed by atoms with van der Waals surface area (Å²) in [6, 6.07) is 12.0. The smallest absolute Gasteiger partial charge is 0.363 e. The van der Waals surface area contributed by atoms with Crippen LogP contribution in [0, 0.1) is 5.82 Å². The molecule has 0 fully saturated rings. The SMILES string of the molecule is CCc1cc(/C=C2/N=C(CCc3ccc(F)cc3)OC2=O)ccc1OC. The molecule has 1 aliphatic rings. The standard InChI is InChI=1S/C21H20FNO3/c1-3-16-12-15(6-10-19(16)25-2)13-18-21(24)26-20(23-18)11-7-14-4-8-17(22)9-5-14/h4-6,8-10,12-13H,3,7,11H2,1-2H3/b18-13+. The summed E-state index contributed by atoms with van der Waals surface area (Å²) in [7, 11) is 1.64. The highest BCUT2D eigenvalue weighted by Gasteiger charge is 2.22. The van der Waals surface area contributed by atoms with Crippen LogP contribution in [-0.2, 0) is 22.4 Å². The van der Waals surface area contributed by atoms with Crippen molar-refractivity contribution in [3.63, 3.8) is 0 Å². The lowest BCUT2D eigenvalue weighted by molar-refractivity contribution is -0.130. The number of nitrogens with zero attached hydrogens (tertiary/aromatic N) is 1. The van der Waals surface area contributed by atoms with Crippen LogP contribution in [0.3, 0.4) is 0 Å². The number of methoxy groups -OCH3 is 1. The van der Waals surface area contributed by atoms with E-state index < -0.39 is 5.97 Å². The van der Waals surface area contributed by atoms with E-state index in [0.717, 1.165) is 28.9 Å². The lowest BCUT2D eigenvalue weighted by atomic mass is 10.1. The van der Waals surface area contributed by atoms with Gasteiger partial charge in [-0.05, 0) is 59.9 Å². The van der Waals surface area contributed by atoms with Crippen LogP contribution in [0.25, 0.3) is 6.08 Å². The predicted octanol–water partition coefficient (Wildman–Crippen LogP) is 4.33. The van der Waals surface area contributed by atoms with Gasteiger partial charge in [0.1, 0.15) is 11.6 Å². The fourth-order valence-corrected chi connectivity index (χ4v) is 2.79. The molecule has 0 aromatic heterocycles. The first-order valence-electron chi connectivity index (χ1n) is 8.52. The van der Waals surface area contributed by atoms with E-state index in [2.05, 4.69) is 4.99 Å². The molecule has 5 heteroatoms. The number of aliphatic imine (C=N–C) groups is 1. The Balaban J connectivity index is 1.72. The van der Waals surface area contributed by atoms with Gasteiger partial charge in [0.05, 0.1) is 7.11 Å². The fraction of sp³-hybridized carbons (Fsp3) is 0.238. The Labute approximate surface area is 152 Å². The van der Waals surface area contributed by atoms with Gasteiger partial charge in [-0.1, -0.05) is 25.1 Å². The minimum Gasteiger partial charge on any atom is -0.496 e. The molecule has 0 aliphatic carbocycles. The number of rotatable bonds is 6. The van der Waals surface area contributed by atoms with E-state index in [1.165, 1.54) is 12.1 Å². The normalized spacial score (nSPS) is 15.1. The Hall–Kier alpha value is -2.95. The molecule has 2 aromatic rings. The van der Waals surface area contributed by atoms with Crippen molar-refractivity contribution in [1.29, 1.82) is 0 Å². The van der Waals surface area contributed by atoms with Crippen LogP contribution in [-0.4, -0.2) is 19.0 Å². The molecule has 2 aromatic carbocycles. The van der Waals surface area contributed by atoms with Gasteiger partial charge in [0.25, 0.3) is 0 Å². The summed E-state index contributed by atoms with van der Waals surface area (Å²) in [6.07, 6.45) is 3.66. The van der Waals surface area contributed by atoms with Crippen molar-refractivity contribution in [1.82, 2.24) is 0 Å². The molecule has 26 heavy (non-hydrogen) atoms. The zero-order chi connectivity index (χ0) is 18.5. The van der Waals surface area contributed by atoms with Crippen LogP contribution in [0.5, 0.6) is 5.75 Å². The van der Waals surface area contributed by atoms with Gasteiger partial charge < -0.3 is 9.47 Å². The minimum atomic E-state index is -0.451. The third-order valence-corrected chi connectivity index (χ3v) is 4.19. The van der Waals surface area contributed by atoms with E-state index in [-0.39, 0.29) is 11.5 Å². The van der Waals surface area contributed by atoms with Crippen molar-refractivity contribution in [2.75, 3.05) is 7.11 Å². The fourth-order valence-electron chi connectivity index (χ4n) is 2.79. The summed E-state index contributed by atoms with van der Waals surface area (Å²) in [4.78, 5) is 16.3. The van der Waals surface area contributed by atoms with Gasteiger partial charge in [0.15, 0.2) is 11.6 Å². The summed E-state index contributed by atoms with van der Waals surface area (Å²) in [5, 5.41) is 0. The third-order valence-electron chi connectivity index (χ3n) is 4.19. The second-order valence-electron chi connectivity index (χ2n) is 5.98. The number of carbonyl (C=O) groups is 1. The number of halogens is 1. The average Bonchev–Trinajstić information content (AvgIpc) is 3.00. The molecule has 134 valence electrons. The van der Waals surface area contributed by atoms with Gasteiger partial charge >= 0.3 is 5.97 Å². The zero-order valence-corrected chi connectivity index (χ0v) is 14.8.